The van der Waals surface area contributed by atoms with E-state index in [1.807, 2.05) is 0 Å². The molecule has 3 heteroatoms. The number of rotatable bonds is 6. The van der Waals surface area contributed by atoms with Gasteiger partial charge in [0.15, 0.2) is 0 Å². The first-order valence-corrected chi connectivity index (χ1v) is 8.19. The Morgan fingerprint density at radius 1 is 1.29 bits per heavy atom. The number of hydrogen-bond acceptors (Lipinski definition) is 3. The van der Waals surface area contributed by atoms with Crippen LogP contribution in [-0.4, -0.2) is 47.6 Å². The van der Waals surface area contributed by atoms with E-state index in [2.05, 4.69) is 56.6 Å². The highest BCUT2D eigenvalue weighted by Gasteiger charge is 2.29. The fraction of sp³-hybridized carbons (Fsp3) is 1.00. The zero-order chi connectivity index (χ0) is 12.8. The molecule has 1 fully saturated rings. The van der Waals surface area contributed by atoms with Gasteiger partial charge in [-0.1, -0.05) is 27.7 Å². The second kappa shape index (κ2) is 7.65. The lowest BCUT2D eigenvalue weighted by atomic mass is 10.1. The molecule has 1 aliphatic heterocycles. The minimum Gasteiger partial charge on any atom is -0.315 e. The largest absolute Gasteiger partial charge is 0.315 e. The first kappa shape index (κ1) is 15.3. The maximum atomic E-state index is 3.62. The van der Waals surface area contributed by atoms with Gasteiger partial charge in [0.25, 0.3) is 0 Å². The van der Waals surface area contributed by atoms with Gasteiger partial charge in [0.2, 0.25) is 0 Å². The maximum absolute atomic E-state index is 3.62. The average Bonchev–Trinajstić information content (AvgIpc) is 2.28. The Morgan fingerprint density at radius 2 is 2.00 bits per heavy atom. The molecule has 0 bridgehead atoms. The second-order valence-electron chi connectivity index (χ2n) is 5.67. The van der Waals surface area contributed by atoms with Gasteiger partial charge in [-0.25, -0.2) is 0 Å². The summed E-state index contributed by atoms with van der Waals surface area (Å²) in [5, 5.41) is 4.40. The Bertz CT molecular complexity index is 208. The van der Waals surface area contributed by atoms with Crippen molar-refractivity contribution < 1.29 is 0 Å². The summed E-state index contributed by atoms with van der Waals surface area (Å²) in [5.41, 5.74) is 0. The Hall–Kier alpha value is 0.270. The van der Waals surface area contributed by atoms with Crippen LogP contribution in [0.25, 0.3) is 0 Å². The molecule has 0 aromatic rings. The van der Waals surface area contributed by atoms with E-state index in [0.717, 1.165) is 30.3 Å². The molecule has 102 valence electrons. The van der Waals surface area contributed by atoms with Crippen LogP contribution in [0.5, 0.6) is 0 Å². The summed E-state index contributed by atoms with van der Waals surface area (Å²) in [6, 6.07) is 1.44. The van der Waals surface area contributed by atoms with Crippen molar-refractivity contribution in [2.75, 3.05) is 25.4 Å². The van der Waals surface area contributed by atoms with Gasteiger partial charge in [-0.3, -0.25) is 4.90 Å². The minimum absolute atomic E-state index is 0.715. The lowest BCUT2D eigenvalue weighted by molar-refractivity contribution is 0.139. The molecule has 0 spiro atoms. The van der Waals surface area contributed by atoms with Crippen molar-refractivity contribution in [2.24, 2.45) is 5.92 Å². The van der Waals surface area contributed by atoms with Gasteiger partial charge in [-0.2, -0.15) is 11.8 Å². The van der Waals surface area contributed by atoms with Crippen molar-refractivity contribution in [2.45, 2.75) is 58.4 Å². The predicted molar refractivity (Wildman–Crippen MR) is 79.9 cm³/mol. The van der Waals surface area contributed by atoms with Crippen LogP contribution in [-0.2, 0) is 0 Å². The molecule has 0 saturated carbocycles. The fourth-order valence-electron chi connectivity index (χ4n) is 2.51. The smallest absolute Gasteiger partial charge is 0.0221 e. The van der Waals surface area contributed by atoms with Crippen LogP contribution in [0.4, 0.5) is 0 Å². The van der Waals surface area contributed by atoms with Crippen molar-refractivity contribution in [3.05, 3.63) is 0 Å². The number of thioether (sulfide) groups is 1. The minimum atomic E-state index is 0.715. The van der Waals surface area contributed by atoms with E-state index < -0.39 is 0 Å². The van der Waals surface area contributed by atoms with Gasteiger partial charge in [-0.15, -0.1) is 0 Å². The first-order valence-electron chi connectivity index (χ1n) is 7.14. The molecule has 1 aliphatic rings. The summed E-state index contributed by atoms with van der Waals surface area (Å²) in [4.78, 5) is 2.72. The molecule has 0 radical (unpaired) electrons. The Labute approximate surface area is 112 Å². The zero-order valence-electron chi connectivity index (χ0n) is 12.2. The van der Waals surface area contributed by atoms with Crippen molar-refractivity contribution >= 4 is 11.8 Å². The monoisotopic (exact) mass is 258 g/mol. The van der Waals surface area contributed by atoms with E-state index in [9.17, 15) is 0 Å². The topological polar surface area (TPSA) is 15.3 Å². The van der Waals surface area contributed by atoms with E-state index in [4.69, 9.17) is 0 Å². The molecule has 0 aromatic heterocycles. The Balaban J connectivity index is 2.42. The SMILES string of the molecule is CCC(CNCC(C)C)N1CCSC(C)C1C. The third-order valence-electron chi connectivity index (χ3n) is 3.81. The number of hydrogen-bond donors (Lipinski definition) is 1. The predicted octanol–water partition coefficient (Wildman–Crippen LogP) is 2.84. The molecule has 2 nitrogen and oxygen atoms in total. The van der Waals surface area contributed by atoms with E-state index in [-0.39, 0.29) is 0 Å². The van der Waals surface area contributed by atoms with Crippen LogP contribution in [0.15, 0.2) is 0 Å². The van der Waals surface area contributed by atoms with Crippen LogP contribution in [0, 0.1) is 5.92 Å². The highest BCUT2D eigenvalue weighted by Crippen LogP contribution is 2.26. The molecule has 0 aromatic carbocycles. The maximum Gasteiger partial charge on any atom is 0.0221 e. The van der Waals surface area contributed by atoms with E-state index in [1.54, 1.807) is 0 Å². The van der Waals surface area contributed by atoms with Gasteiger partial charge < -0.3 is 5.32 Å². The molecular formula is C14H30N2S. The van der Waals surface area contributed by atoms with E-state index in [0.29, 0.717) is 6.04 Å². The van der Waals surface area contributed by atoms with Gasteiger partial charge in [0.05, 0.1) is 0 Å². The van der Waals surface area contributed by atoms with Crippen molar-refractivity contribution in [1.82, 2.24) is 10.2 Å². The molecule has 3 unspecified atom stereocenters. The summed E-state index contributed by atoms with van der Waals surface area (Å²) in [6.45, 7) is 15.2. The summed E-state index contributed by atoms with van der Waals surface area (Å²) in [6.07, 6.45) is 1.26. The fourth-order valence-corrected chi connectivity index (χ4v) is 3.63. The molecule has 17 heavy (non-hydrogen) atoms. The van der Waals surface area contributed by atoms with Crippen molar-refractivity contribution in [3.8, 4) is 0 Å². The Kier molecular flexibility index (Phi) is 6.90. The molecule has 3 atom stereocenters. The van der Waals surface area contributed by atoms with Crippen LogP contribution in [0.3, 0.4) is 0 Å². The highest BCUT2D eigenvalue weighted by atomic mass is 32.2. The molecule has 1 N–H and O–H groups in total. The zero-order valence-corrected chi connectivity index (χ0v) is 13.0. The Morgan fingerprint density at radius 3 is 2.59 bits per heavy atom. The lowest BCUT2D eigenvalue weighted by Gasteiger charge is -2.42. The van der Waals surface area contributed by atoms with Crippen molar-refractivity contribution in [3.63, 3.8) is 0 Å². The van der Waals surface area contributed by atoms with Crippen LogP contribution in [0.2, 0.25) is 0 Å². The molecule has 1 heterocycles. The number of nitrogens with one attached hydrogen (secondary N) is 1. The van der Waals surface area contributed by atoms with Crippen LogP contribution < -0.4 is 5.32 Å². The van der Waals surface area contributed by atoms with Crippen LogP contribution in [0.1, 0.15) is 41.0 Å². The summed E-state index contributed by atoms with van der Waals surface area (Å²) >= 11 is 2.12. The molecule has 1 rings (SSSR count). The van der Waals surface area contributed by atoms with Gasteiger partial charge in [0, 0.05) is 36.2 Å². The third-order valence-corrected chi connectivity index (χ3v) is 5.14. The lowest BCUT2D eigenvalue weighted by Crippen LogP contribution is -2.53. The van der Waals surface area contributed by atoms with Crippen molar-refractivity contribution in [1.29, 1.82) is 0 Å². The summed E-state index contributed by atoms with van der Waals surface area (Å²) in [7, 11) is 0. The number of nitrogens with zero attached hydrogens (tertiary/aromatic N) is 1. The third kappa shape index (κ3) is 4.80. The normalized spacial score (nSPS) is 28.6. The quantitative estimate of drug-likeness (QED) is 0.789. The molecule has 0 aliphatic carbocycles. The highest BCUT2D eigenvalue weighted by molar-refractivity contribution is 8.00. The van der Waals surface area contributed by atoms with E-state index in [1.165, 1.54) is 18.7 Å². The summed E-state index contributed by atoms with van der Waals surface area (Å²) < 4.78 is 0. The first-order chi connectivity index (χ1) is 8.06. The van der Waals surface area contributed by atoms with E-state index >= 15 is 0 Å². The van der Waals surface area contributed by atoms with Crippen LogP contribution >= 0.6 is 11.8 Å². The van der Waals surface area contributed by atoms with Gasteiger partial charge in [0.1, 0.15) is 0 Å². The van der Waals surface area contributed by atoms with Gasteiger partial charge in [-0.05, 0) is 25.8 Å². The molecule has 1 saturated heterocycles. The standard InChI is InChI=1S/C14H30N2S/c1-6-14(10-15-9-11(2)3)16-7-8-17-13(5)12(16)4/h11-15H,6-10H2,1-5H3. The average molecular weight is 258 g/mol. The summed E-state index contributed by atoms with van der Waals surface area (Å²) in [5.74, 6) is 2.05. The second-order valence-corrected chi connectivity index (χ2v) is 7.15. The van der Waals surface area contributed by atoms with Gasteiger partial charge >= 0.3 is 0 Å². The molecule has 0 amide bonds. The molecular weight excluding hydrogens is 228 g/mol.